The summed E-state index contributed by atoms with van der Waals surface area (Å²) in [6.07, 6.45) is 14.9. The first-order valence-electron chi connectivity index (χ1n) is 23.7. The van der Waals surface area contributed by atoms with Crippen LogP contribution in [0.5, 0.6) is 0 Å². The quantitative estimate of drug-likeness (QED) is 0.0495. The molecule has 4 atom stereocenters. The van der Waals surface area contributed by atoms with Gasteiger partial charge in [0.05, 0.1) is 34.6 Å². The van der Waals surface area contributed by atoms with E-state index in [-0.39, 0.29) is 213 Å². The Balaban J connectivity index is -0.0000000602. The van der Waals surface area contributed by atoms with E-state index in [2.05, 4.69) is 41.5 Å². The third-order valence-electron chi connectivity index (χ3n) is 9.45. The fourth-order valence-electron chi connectivity index (χ4n) is 4.58. The van der Waals surface area contributed by atoms with E-state index in [9.17, 15) is 49.2 Å². The Kier molecular flexibility index (Phi) is 81.4. The van der Waals surface area contributed by atoms with Crippen LogP contribution in [0.15, 0.2) is 71.0 Å². The van der Waals surface area contributed by atoms with Gasteiger partial charge in [-0.15, -0.1) is 0 Å². The van der Waals surface area contributed by atoms with Gasteiger partial charge in [0.15, 0.2) is 34.7 Å². The summed E-state index contributed by atoms with van der Waals surface area (Å²) in [4.78, 5) is 63.0. The van der Waals surface area contributed by atoms with Crippen LogP contribution in [0.2, 0.25) is 0 Å². The van der Waals surface area contributed by atoms with Gasteiger partial charge in [0.1, 0.15) is 0 Å². The SMILES string of the molecule is CC(=O)C=C(O)C(C)C(C)C.CC(=O)C=C(O)CC(C)(C)C.CC(=O)C=C(O)CCC(C)(C)C.CCC(C)C(O)=CC(C)=O.CCC(C)CC(O)=CC(C)=O.CCC(C)CCC(O)=CC(C)=O.[Ir].[Ir].[Ir].[Ir].[Ir].[Ir]. The zero-order valence-electron chi connectivity index (χ0n) is 47.8. The van der Waals surface area contributed by atoms with Crippen molar-refractivity contribution in [3.05, 3.63) is 71.0 Å². The summed E-state index contributed by atoms with van der Waals surface area (Å²) in [5.74, 6) is 2.18. The molecule has 6 radical (unpaired) electrons. The molecular weight excluding hydrogens is 2010 g/mol. The van der Waals surface area contributed by atoms with Crippen molar-refractivity contribution >= 4 is 34.7 Å². The maximum atomic E-state index is 10.5. The Hall–Kier alpha value is -0.844. The minimum absolute atomic E-state index is 0. The van der Waals surface area contributed by atoms with E-state index in [0.717, 1.165) is 32.1 Å². The molecule has 0 aliphatic carbocycles. The number of allylic oxidation sites excluding steroid dienone is 12. The maximum absolute atomic E-state index is 10.5. The molecule has 6 N–H and O–H groups in total. The summed E-state index contributed by atoms with van der Waals surface area (Å²) in [5.41, 5.74) is 0.245. The van der Waals surface area contributed by atoms with E-state index in [0.29, 0.717) is 43.4 Å². The molecule has 0 aliphatic heterocycles. The Bertz CT molecular complexity index is 1650. The molecule has 4 unspecified atom stereocenters. The van der Waals surface area contributed by atoms with Gasteiger partial charge in [0, 0.05) is 195 Å². The molecule has 0 aromatic rings. The number of ketones is 6. The molecule has 0 aromatic heterocycles. The Labute approximate surface area is 524 Å². The summed E-state index contributed by atoms with van der Waals surface area (Å²) in [7, 11) is 0. The van der Waals surface area contributed by atoms with E-state index in [4.69, 9.17) is 10.2 Å². The molecule has 0 fully saturated rings. The van der Waals surface area contributed by atoms with Crippen LogP contribution in [-0.4, -0.2) is 65.3 Å². The standard InChI is InChI=1S/2C10H18O2.3C9H16O2.C8H14O2.6Ir/c1-8(11)7-9(12)5-6-10(2,3)4;1-4-8(2)5-6-10(12)7-9(3)11;1-7(10)5-8(11)6-9(2,3)4;1-6(2)8(4)9(11)5-7(3)10;1-4-7(2)5-9(11)6-8(3)10;1-4-6(2)8(10)5-7(3)9;;;;;;/h7,12H,5-6H2,1-4H3;7-8,12H,4-6H2,1-3H3;5,11H,6H2,1-4H3;5-6,8,11H,1-4H3;6-7,11H,4-5H2,1-3H3;5-6,10H,4H2,1-3H3;;;;;;. The fraction of sp³-hybridized carbons (Fsp3) is 0.673. The molecule has 0 bridgehead atoms. The number of carbonyl (C=O) groups is 6. The molecule has 73 heavy (non-hydrogen) atoms. The molecule has 444 valence electrons. The number of carbonyl (C=O) groups excluding carboxylic acids is 6. The van der Waals surface area contributed by atoms with Crippen LogP contribution in [0.3, 0.4) is 0 Å². The van der Waals surface area contributed by atoms with Crippen LogP contribution >= 0.6 is 0 Å². The normalized spacial score (nSPS) is 13.1. The number of rotatable bonds is 20. The summed E-state index contributed by atoms with van der Waals surface area (Å²) in [6.45, 7) is 39.1. The number of aliphatic hydroxyl groups excluding tert-OH is 6. The molecule has 18 heteroatoms. The Morgan fingerprint density at radius 1 is 0.411 bits per heavy atom. The van der Waals surface area contributed by atoms with Crippen LogP contribution in [0.4, 0.5) is 0 Å². The maximum Gasteiger partial charge on any atom is 0.155 e. The van der Waals surface area contributed by atoms with E-state index >= 15 is 0 Å². The van der Waals surface area contributed by atoms with Gasteiger partial charge in [0.25, 0.3) is 0 Å². The largest absolute Gasteiger partial charge is 0.512 e. The van der Waals surface area contributed by atoms with Gasteiger partial charge in [0.2, 0.25) is 0 Å². The second-order valence-corrected chi connectivity index (χ2v) is 20.3. The van der Waals surface area contributed by atoms with Crippen molar-refractivity contribution < 1.29 is 180 Å². The first kappa shape index (κ1) is 101. The molecule has 12 nitrogen and oxygen atoms in total. The minimum Gasteiger partial charge on any atom is -0.512 e. The minimum atomic E-state index is -0.105. The molecule has 0 saturated carbocycles. The van der Waals surface area contributed by atoms with Crippen molar-refractivity contribution in [3.63, 3.8) is 0 Å². The predicted octanol–water partition coefficient (Wildman–Crippen LogP) is 15.0. The second-order valence-electron chi connectivity index (χ2n) is 20.3. The topological polar surface area (TPSA) is 224 Å². The van der Waals surface area contributed by atoms with Gasteiger partial charge in [-0.25, -0.2) is 0 Å². The van der Waals surface area contributed by atoms with Crippen LogP contribution in [0.1, 0.15) is 203 Å². The molecule has 0 saturated heterocycles. The van der Waals surface area contributed by atoms with Gasteiger partial charge in [-0.05, 0) is 89.4 Å². The molecule has 0 amide bonds. The van der Waals surface area contributed by atoms with Crippen LogP contribution in [-0.2, 0) is 149 Å². The van der Waals surface area contributed by atoms with Crippen LogP contribution in [0.25, 0.3) is 0 Å². The Morgan fingerprint density at radius 2 is 0.726 bits per heavy atom. The average molecular weight is 2100 g/mol. The Morgan fingerprint density at radius 3 is 1.01 bits per heavy atom. The average Bonchev–Trinajstić information content (AvgIpc) is 3.13. The van der Waals surface area contributed by atoms with Gasteiger partial charge in [-0.3, -0.25) is 28.8 Å². The van der Waals surface area contributed by atoms with Crippen molar-refractivity contribution in [2.75, 3.05) is 0 Å². The number of hydrogen-bond acceptors (Lipinski definition) is 12. The summed E-state index contributed by atoms with van der Waals surface area (Å²) < 4.78 is 0. The van der Waals surface area contributed by atoms with Crippen molar-refractivity contribution in [3.8, 4) is 0 Å². The molecular formula is C55H98Ir6O12. The van der Waals surface area contributed by atoms with Gasteiger partial charge >= 0.3 is 0 Å². The van der Waals surface area contributed by atoms with E-state index < -0.39 is 0 Å². The van der Waals surface area contributed by atoms with Crippen LogP contribution < -0.4 is 0 Å². The van der Waals surface area contributed by atoms with E-state index in [1.807, 2.05) is 62.3 Å². The molecule has 0 aromatic carbocycles. The van der Waals surface area contributed by atoms with Gasteiger partial charge in [-0.2, -0.15) is 0 Å². The zero-order chi connectivity index (χ0) is 54.4. The van der Waals surface area contributed by atoms with Crippen molar-refractivity contribution in [1.29, 1.82) is 0 Å². The third kappa shape index (κ3) is 91.0. The van der Waals surface area contributed by atoms with Crippen LogP contribution in [0, 0.1) is 40.4 Å². The van der Waals surface area contributed by atoms with E-state index in [1.54, 1.807) is 0 Å². The summed E-state index contributed by atoms with van der Waals surface area (Å²) >= 11 is 0. The molecule has 0 rings (SSSR count). The smallest absolute Gasteiger partial charge is 0.155 e. The zero-order valence-corrected chi connectivity index (χ0v) is 62.2. The van der Waals surface area contributed by atoms with Crippen molar-refractivity contribution in [2.45, 2.75) is 203 Å². The van der Waals surface area contributed by atoms with Crippen molar-refractivity contribution in [1.82, 2.24) is 0 Å². The third-order valence-corrected chi connectivity index (χ3v) is 9.45. The number of hydrogen-bond donors (Lipinski definition) is 6. The predicted molar refractivity (Wildman–Crippen MR) is 277 cm³/mol. The van der Waals surface area contributed by atoms with Gasteiger partial charge in [-0.1, -0.05) is 117 Å². The van der Waals surface area contributed by atoms with E-state index in [1.165, 1.54) is 78.0 Å². The summed E-state index contributed by atoms with van der Waals surface area (Å²) in [5, 5.41) is 55.2. The monoisotopic (exact) mass is 2110 g/mol. The second kappa shape index (κ2) is 58.8. The molecule has 0 heterocycles. The summed E-state index contributed by atoms with van der Waals surface area (Å²) in [6, 6.07) is 0. The molecule has 0 aliphatic rings. The van der Waals surface area contributed by atoms with Gasteiger partial charge < -0.3 is 30.6 Å². The fourth-order valence-corrected chi connectivity index (χ4v) is 4.58. The number of aliphatic hydroxyl groups is 6. The van der Waals surface area contributed by atoms with Crippen molar-refractivity contribution in [2.24, 2.45) is 40.4 Å². The first-order valence-corrected chi connectivity index (χ1v) is 23.7. The first-order chi connectivity index (χ1) is 30.3. The molecule has 0 spiro atoms.